The molecule has 1 aliphatic heterocycles. The van der Waals surface area contributed by atoms with Crippen LogP contribution in [-0.4, -0.2) is 23.3 Å². The van der Waals surface area contributed by atoms with Crippen molar-refractivity contribution in [3.8, 4) is 6.07 Å². The molecule has 1 atom stereocenters. The van der Waals surface area contributed by atoms with Crippen LogP contribution in [0.1, 0.15) is 51.8 Å². The third-order valence-electron chi connectivity index (χ3n) is 4.40. The third kappa shape index (κ3) is 2.34. The van der Waals surface area contributed by atoms with Gasteiger partial charge in [0, 0.05) is 6.20 Å². The molecule has 1 aliphatic rings. The van der Waals surface area contributed by atoms with Crippen molar-refractivity contribution in [2.24, 2.45) is 0 Å². The van der Waals surface area contributed by atoms with Crippen LogP contribution in [0.2, 0.25) is 0 Å². The molecule has 5 heteroatoms. The number of hydrogen-bond acceptors (Lipinski definition) is 4. The Bertz CT molecular complexity index is 547. The summed E-state index contributed by atoms with van der Waals surface area (Å²) in [5.74, 6) is -0.239. The molecule has 1 aromatic rings. The van der Waals surface area contributed by atoms with Gasteiger partial charge in [0.2, 0.25) is 0 Å². The van der Waals surface area contributed by atoms with E-state index < -0.39 is 7.12 Å². The summed E-state index contributed by atoms with van der Waals surface area (Å²) in [7, 11) is -0.410. The Morgan fingerprint density at radius 3 is 2.30 bits per heavy atom. The van der Waals surface area contributed by atoms with Gasteiger partial charge in [-0.3, -0.25) is 4.98 Å². The first-order chi connectivity index (χ1) is 9.19. The second-order valence-corrected chi connectivity index (χ2v) is 6.35. The second-order valence-electron chi connectivity index (χ2n) is 6.35. The Labute approximate surface area is 121 Å². The number of aromatic nitrogens is 1. The monoisotopic (exact) mass is 272 g/mol. The molecule has 106 valence electrons. The Balaban J connectivity index is 2.39. The highest BCUT2D eigenvalue weighted by Gasteiger charge is 2.52. The van der Waals surface area contributed by atoms with Crippen molar-refractivity contribution >= 4 is 12.6 Å². The first-order valence-corrected chi connectivity index (χ1v) is 6.90. The van der Waals surface area contributed by atoms with E-state index in [1.807, 2.05) is 47.6 Å². The Morgan fingerprint density at radius 1 is 1.25 bits per heavy atom. The molecule has 0 aliphatic carbocycles. The molecular weight excluding hydrogens is 251 g/mol. The molecule has 1 fully saturated rings. The fraction of sp³-hybridized carbons (Fsp3) is 0.600. The third-order valence-corrected chi connectivity index (χ3v) is 4.40. The van der Waals surface area contributed by atoms with Gasteiger partial charge >= 0.3 is 7.12 Å². The van der Waals surface area contributed by atoms with E-state index >= 15 is 0 Å². The maximum atomic E-state index is 9.08. The zero-order chi connectivity index (χ0) is 15.1. The zero-order valence-electron chi connectivity index (χ0n) is 13.0. The van der Waals surface area contributed by atoms with E-state index in [-0.39, 0.29) is 17.1 Å². The summed E-state index contributed by atoms with van der Waals surface area (Å²) in [4.78, 5) is 4.32. The van der Waals surface area contributed by atoms with Crippen molar-refractivity contribution in [1.82, 2.24) is 4.98 Å². The molecule has 2 heterocycles. The normalized spacial score (nSPS) is 21.6. The quantitative estimate of drug-likeness (QED) is 0.775. The van der Waals surface area contributed by atoms with Gasteiger partial charge in [0.15, 0.2) is 0 Å². The summed E-state index contributed by atoms with van der Waals surface area (Å²) in [6.45, 7) is 11.9. The van der Waals surface area contributed by atoms with Gasteiger partial charge in [0.1, 0.15) is 0 Å². The molecule has 0 bridgehead atoms. The van der Waals surface area contributed by atoms with Gasteiger partial charge in [-0.15, -0.1) is 0 Å². The van der Waals surface area contributed by atoms with E-state index in [0.29, 0.717) is 0 Å². The second kappa shape index (κ2) is 4.87. The maximum Gasteiger partial charge on any atom is 0.495 e. The minimum atomic E-state index is -0.410. The molecule has 0 amide bonds. The van der Waals surface area contributed by atoms with Crippen LogP contribution in [0.15, 0.2) is 12.3 Å². The van der Waals surface area contributed by atoms with E-state index in [1.165, 1.54) is 0 Å². The summed E-state index contributed by atoms with van der Waals surface area (Å²) >= 11 is 0. The highest BCUT2D eigenvalue weighted by molar-refractivity contribution is 6.62. The minimum absolute atomic E-state index is 0.239. The standard InChI is InChI=1S/C15H21BN2O2/c1-10(9-17)13-11(2)12(7-8-18-13)16-19-14(3,4)15(5,6)20-16/h7-8,10H,1-6H3. The van der Waals surface area contributed by atoms with Crippen molar-refractivity contribution in [2.75, 3.05) is 0 Å². The molecule has 1 aromatic heterocycles. The van der Waals surface area contributed by atoms with Gasteiger partial charge in [-0.25, -0.2) is 0 Å². The van der Waals surface area contributed by atoms with Crippen LogP contribution < -0.4 is 5.46 Å². The lowest BCUT2D eigenvalue weighted by atomic mass is 9.75. The molecular formula is C15H21BN2O2. The molecule has 0 radical (unpaired) electrons. The van der Waals surface area contributed by atoms with Crippen LogP contribution in [0.3, 0.4) is 0 Å². The van der Waals surface area contributed by atoms with Crippen LogP contribution in [0.5, 0.6) is 0 Å². The Kier molecular flexibility index (Phi) is 3.66. The maximum absolute atomic E-state index is 9.08. The fourth-order valence-corrected chi connectivity index (χ4v) is 2.29. The molecule has 2 rings (SSSR count). The van der Waals surface area contributed by atoms with Crippen LogP contribution in [0.25, 0.3) is 0 Å². The lowest BCUT2D eigenvalue weighted by Gasteiger charge is -2.32. The molecule has 0 spiro atoms. The van der Waals surface area contributed by atoms with Crippen molar-refractivity contribution < 1.29 is 9.31 Å². The lowest BCUT2D eigenvalue weighted by molar-refractivity contribution is 0.00578. The number of rotatable bonds is 2. The minimum Gasteiger partial charge on any atom is -0.399 e. The number of nitrogens with zero attached hydrogens (tertiary/aromatic N) is 2. The van der Waals surface area contributed by atoms with E-state index in [4.69, 9.17) is 14.6 Å². The van der Waals surface area contributed by atoms with Crippen LogP contribution >= 0.6 is 0 Å². The fourth-order valence-electron chi connectivity index (χ4n) is 2.29. The van der Waals surface area contributed by atoms with Crippen molar-refractivity contribution in [3.63, 3.8) is 0 Å². The smallest absolute Gasteiger partial charge is 0.399 e. The topological polar surface area (TPSA) is 55.1 Å². The lowest BCUT2D eigenvalue weighted by Crippen LogP contribution is -2.41. The summed E-state index contributed by atoms with van der Waals surface area (Å²) in [5, 5.41) is 9.08. The van der Waals surface area contributed by atoms with Crippen LogP contribution in [0, 0.1) is 18.3 Å². The Morgan fingerprint density at radius 2 is 1.80 bits per heavy atom. The van der Waals surface area contributed by atoms with Crippen LogP contribution in [-0.2, 0) is 9.31 Å². The summed E-state index contributed by atoms with van der Waals surface area (Å²) in [5.41, 5.74) is 1.98. The summed E-state index contributed by atoms with van der Waals surface area (Å²) in [6, 6.07) is 4.14. The van der Waals surface area contributed by atoms with Crippen molar-refractivity contribution in [3.05, 3.63) is 23.5 Å². The van der Waals surface area contributed by atoms with Gasteiger partial charge < -0.3 is 9.31 Å². The summed E-state index contributed by atoms with van der Waals surface area (Å²) < 4.78 is 12.1. The van der Waals surface area contributed by atoms with E-state index in [1.54, 1.807) is 6.20 Å². The molecule has 20 heavy (non-hydrogen) atoms. The molecule has 1 unspecified atom stereocenters. The largest absolute Gasteiger partial charge is 0.495 e. The molecule has 4 nitrogen and oxygen atoms in total. The SMILES string of the molecule is Cc1c(B2OC(C)(C)C(C)(C)O2)ccnc1C(C)C#N. The molecule has 0 saturated carbocycles. The highest BCUT2D eigenvalue weighted by Crippen LogP contribution is 2.36. The molecule has 1 saturated heterocycles. The van der Waals surface area contributed by atoms with Gasteiger partial charge in [0.05, 0.1) is 28.9 Å². The molecule has 0 aromatic carbocycles. The first kappa shape index (κ1) is 15.0. The first-order valence-electron chi connectivity index (χ1n) is 6.90. The van der Waals surface area contributed by atoms with Gasteiger partial charge in [-0.2, -0.15) is 5.26 Å². The predicted octanol–water partition coefficient (Wildman–Crippen LogP) is 2.32. The summed E-state index contributed by atoms with van der Waals surface area (Å²) in [6.07, 6.45) is 1.72. The van der Waals surface area contributed by atoms with E-state index in [2.05, 4.69) is 11.1 Å². The average molecular weight is 272 g/mol. The van der Waals surface area contributed by atoms with Crippen LogP contribution in [0.4, 0.5) is 0 Å². The van der Waals surface area contributed by atoms with Crippen molar-refractivity contribution in [2.45, 2.75) is 58.7 Å². The van der Waals surface area contributed by atoms with Gasteiger partial charge in [0.25, 0.3) is 0 Å². The van der Waals surface area contributed by atoms with Gasteiger partial charge in [-0.05, 0) is 58.6 Å². The number of hydrogen-bond donors (Lipinski definition) is 0. The highest BCUT2D eigenvalue weighted by atomic mass is 16.7. The van der Waals surface area contributed by atoms with Crippen molar-refractivity contribution in [1.29, 1.82) is 5.26 Å². The molecule has 0 N–H and O–H groups in total. The number of pyridine rings is 1. The predicted molar refractivity (Wildman–Crippen MR) is 78.7 cm³/mol. The Hall–Kier alpha value is -1.38. The van der Waals surface area contributed by atoms with Gasteiger partial charge in [-0.1, -0.05) is 0 Å². The zero-order valence-corrected chi connectivity index (χ0v) is 13.0. The average Bonchev–Trinajstić information content (AvgIpc) is 2.57. The van der Waals surface area contributed by atoms with E-state index in [0.717, 1.165) is 16.7 Å². The van der Waals surface area contributed by atoms with E-state index in [9.17, 15) is 0 Å². The number of nitriles is 1.